The van der Waals surface area contributed by atoms with Crippen molar-refractivity contribution in [1.82, 2.24) is 10.0 Å². The molecule has 0 heterocycles. The van der Waals surface area contributed by atoms with E-state index in [4.69, 9.17) is 0 Å². The SMILES string of the molecule is CNCc1ccc(Br)c(S(=O)(=O)NC(C)CC2CC2)c1. The molecule has 0 saturated heterocycles. The molecule has 112 valence electrons. The van der Waals surface area contributed by atoms with Crippen molar-refractivity contribution in [3.63, 3.8) is 0 Å². The predicted octanol–water partition coefficient (Wildman–Crippen LogP) is 2.64. The van der Waals surface area contributed by atoms with Crippen molar-refractivity contribution in [1.29, 1.82) is 0 Å². The van der Waals surface area contributed by atoms with Crippen LogP contribution in [0.1, 0.15) is 31.7 Å². The molecule has 0 radical (unpaired) electrons. The van der Waals surface area contributed by atoms with Gasteiger partial charge in [-0.2, -0.15) is 0 Å². The Morgan fingerprint density at radius 2 is 2.10 bits per heavy atom. The molecule has 0 amide bonds. The van der Waals surface area contributed by atoms with Crippen molar-refractivity contribution in [3.05, 3.63) is 28.2 Å². The highest BCUT2D eigenvalue weighted by atomic mass is 79.9. The van der Waals surface area contributed by atoms with Crippen molar-refractivity contribution in [2.45, 2.75) is 43.7 Å². The first-order valence-electron chi connectivity index (χ1n) is 6.87. The van der Waals surface area contributed by atoms with Crippen molar-refractivity contribution in [3.8, 4) is 0 Å². The lowest BCUT2D eigenvalue weighted by Gasteiger charge is -2.15. The van der Waals surface area contributed by atoms with Gasteiger partial charge in [0.05, 0.1) is 4.90 Å². The fourth-order valence-electron chi connectivity index (χ4n) is 2.30. The quantitative estimate of drug-likeness (QED) is 0.785. The first-order valence-corrected chi connectivity index (χ1v) is 9.15. The molecular formula is C14H21BrN2O2S. The molecule has 1 aliphatic carbocycles. The van der Waals surface area contributed by atoms with E-state index >= 15 is 0 Å². The maximum absolute atomic E-state index is 12.5. The van der Waals surface area contributed by atoms with Gasteiger partial charge in [-0.05, 0) is 59.9 Å². The second-order valence-corrected chi connectivity index (χ2v) is 8.03. The van der Waals surface area contributed by atoms with E-state index in [1.54, 1.807) is 12.1 Å². The second kappa shape index (κ2) is 6.56. The molecule has 1 aliphatic rings. The van der Waals surface area contributed by atoms with E-state index in [0.29, 0.717) is 21.8 Å². The molecule has 6 heteroatoms. The summed E-state index contributed by atoms with van der Waals surface area (Å²) in [7, 11) is -1.63. The Bertz CT molecular complexity index is 571. The minimum Gasteiger partial charge on any atom is -0.316 e. The lowest BCUT2D eigenvalue weighted by Crippen LogP contribution is -2.33. The van der Waals surface area contributed by atoms with Gasteiger partial charge in [-0.15, -0.1) is 0 Å². The Labute approximate surface area is 129 Å². The first-order chi connectivity index (χ1) is 9.42. The monoisotopic (exact) mass is 360 g/mol. The van der Waals surface area contributed by atoms with E-state index < -0.39 is 10.0 Å². The standard InChI is InChI=1S/C14H21BrN2O2S/c1-10(7-11-3-4-11)17-20(18,19)14-8-12(9-16-2)5-6-13(14)15/h5-6,8,10-11,16-17H,3-4,7,9H2,1-2H3. The van der Waals surface area contributed by atoms with Crippen LogP contribution < -0.4 is 10.0 Å². The van der Waals surface area contributed by atoms with E-state index in [1.807, 2.05) is 20.0 Å². The van der Waals surface area contributed by atoms with Gasteiger partial charge in [-0.25, -0.2) is 13.1 Å². The average molecular weight is 361 g/mol. The minimum atomic E-state index is -3.47. The predicted molar refractivity (Wildman–Crippen MR) is 84.0 cm³/mol. The molecule has 1 aromatic carbocycles. The Kier molecular flexibility index (Phi) is 5.23. The van der Waals surface area contributed by atoms with Gasteiger partial charge in [0, 0.05) is 17.1 Å². The Hall–Kier alpha value is -0.430. The number of nitrogens with one attached hydrogen (secondary N) is 2. The minimum absolute atomic E-state index is 0.0210. The number of hydrogen-bond acceptors (Lipinski definition) is 3. The van der Waals surface area contributed by atoms with Crippen molar-refractivity contribution in [2.24, 2.45) is 5.92 Å². The van der Waals surface area contributed by atoms with Gasteiger partial charge in [0.15, 0.2) is 0 Å². The molecule has 1 saturated carbocycles. The Morgan fingerprint density at radius 3 is 2.70 bits per heavy atom. The third kappa shape index (κ3) is 4.28. The summed E-state index contributed by atoms with van der Waals surface area (Å²) in [5.74, 6) is 0.701. The van der Waals surface area contributed by atoms with E-state index in [1.165, 1.54) is 12.8 Å². The van der Waals surface area contributed by atoms with Gasteiger partial charge in [-0.1, -0.05) is 18.9 Å². The molecule has 1 aromatic rings. The third-order valence-corrected chi connectivity index (χ3v) is 5.99. The van der Waals surface area contributed by atoms with E-state index in [9.17, 15) is 8.42 Å². The lowest BCUT2D eigenvalue weighted by molar-refractivity contribution is 0.529. The maximum Gasteiger partial charge on any atom is 0.241 e. The number of sulfonamides is 1. The zero-order chi connectivity index (χ0) is 14.8. The molecule has 20 heavy (non-hydrogen) atoms. The van der Waals surface area contributed by atoms with Crippen molar-refractivity contribution in [2.75, 3.05) is 7.05 Å². The van der Waals surface area contributed by atoms with Gasteiger partial charge in [0.25, 0.3) is 0 Å². The summed E-state index contributed by atoms with van der Waals surface area (Å²) in [4.78, 5) is 0.313. The fraction of sp³-hybridized carbons (Fsp3) is 0.571. The smallest absolute Gasteiger partial charge is 0.241 e. The first kappa shape index (κ1) is 15.9. The van der Waals surface area contributed by atoms with Gasteiger partial charge in [0.2, 0.25) is 10.0 Å². The van der Waals surface area contributed by atoms with Crippen LogP contribution in [0.5, 0.6) is 0 Å². The van der Waals surface area contributed by atoms with E-state index in [2.05, 4.69) is 26.0 Å². The van der Waals surface area contributed by atoms with Crippen LogP contribution >= 0.6 is 15.9 Å². The highest BCUT2D eigenvalue weighted by Crippen LogP contribution is 2.34. The third-order valence-electron chi connectivity index (χ3n) is 3.41. The summed E-state index contributed by atoms with van der Waals surface area (Å²) in [6, 6.07) is 5.39. The summed E-state index contributed by atoms with van der Waals surface area (Å²) in [5, 5.41) is 3.03. The number of halogens is 1. The van der Waals surface area contributed by atoms with Crippen LogP contribution in [0.3, 0.4) is 0 Å². The number of benzene rings is 1. The highest BCUT2D eigenvalue weighted by Gasteiger charge is 2.27. The maximum atomic E-state index is 12.5. The summed E-state index contributed by atoms with van der Waals surface area (Å²) in [5.41, 5.74) is 0.950. The Balaban J connectivity index is 2.16. The van der Waals surface area contributed by atoms with Crippen molar-refractivity contribution >= 4 is 26.0 Å². The molecule has 1 fully saturated rings. The van der Waals surface area contributed by atoms with Crippen LogP contribution in [-0.2, 0) is 16.6 Å². The van der Waals surface area contributed by atoms with Gasteiger partial charge in [-0.3, -0.25) is 0 Å². The summed E-state index contributed by atoms with van der Waals surface area (Å²) < 4.78 is 28.3. The van der Waals surface area contributed by atoms with Crippen molar-refractivity contribution < 1.29 is 8.42 Å². The number of rotatable bonds is 7. The molecule has 1 unspecified atom stereocenters. The normalized spacial score (nSPS) is 17.1. The average Bonchev–Trinajstić information content (AvgIpc) is 3.14. The summed E-state index contributed by atoms with van der Waals surface area (Å²) in [6.07, 6.45) is 3.38. The van der Waals surface area contributed by atoms with Gasteiger partial charge < -0.3 is 5.32 Å². The Morgan fingerprint density at radius 1 is 1.40 bits per heavy atom. The summed E-state index contributed by atoms with van der Waals surface area (Å²) in [6.45, 7) is 2.58. The van der Waals surface area contributed by atoms with Crippen LogP contribution in [-0.4, -0.2) is 21.5 Å². The van der Waals surface area contributed by atoms with Crippen LogP contribution in [0.4, 0.5) is 0 Å². The van der Waals surface area contributed by atoms with Crippen LogP contribution in [0.15, 0.2) is 27.6 Å². The zero-order valence-electron chi connectivity index (χ0n) is 11.8. The molecule has 4 nitrogen and oxygen atoms in total. The molecule has 0 bridgehead atoms. The zero-order valence-corrected chi connectivity index (χ0v) is 14.2. The largest absolute Gasteiger partial charge is 0.316 e. The lowest BCUT2D eigenvalue weighted by atomic mass is 10.2. The topological polar surface area (TPSA) is 58.2 Å². The number of hydrogen-bond donors (Lipinski definition) is 2. The van der Waals surface area contributed by atoms with E-state index in [-0.39, 0.29) is 6.04 Å². The van der Waals surface area contributed by atoms with Gasteiger partial charge in [0.1, 0.15) is 0 Å². The van der Waals surface area contributed by atoms with Crippen LogP contribution in [0.2, 0.25) is 0 Å². The summed E-state index contributed by atoms with van der Waals surface area (Å²) >= 11 is 3.33. The molecule has 0 spiro atoms. The molecule has 0 aliphatic heterocycles. The second-order valence-electron chi connectivity index (χ2n) is 5.50. The van der Waals surface area contributed by atoms with Crippen LogP contribution in [0.25, 0.3) is 0 Å². The highest BCUT2D eigenvalue weighted by molar-refractivity contribution is 9.10. The van der Waals surface area contributed by atoms with Gasteiger partial charge >= 0.3 is 0 Å². The molecule has 1 atom stereocenters. The van der Waals surface area contributed by atoms with E-state index in [0.717, 1.165) is 12.0 Å². The molecule has 0 aromatic heterocycles. The molecule has 2 rings (SSSR count). The molecular weight excluding hydrogens is 340 g/mol. The van der Waals surface area contributed by atoms with Crippen LogP contribution in [0, 0.1) is 5.92 Å². The molecule has 2 N–H and O–H groups in total. The fourth-order valence-corrected chi connectivity index (χ4v) is 4.57.